The summed E-state index contributed by atoms with van der Waals surface area (Å²) < 4.78 is 5.71. The number of hydrogen-bond acceptors (Lipinski definition) is 2. The van der Waals surface area contributed by atoms with Crippen LogP contribution in [-0.2, 0) is 6.61 Å². The molecule has 0 aliphatic heterocycles. The number of rotatable bonds is 6. The quantitative estimate of drug-likeness (QED) is 0.634. The molecule has 26 heavy (non-hydrogen) atoms. The average Bonchev–Trinajstić information content (AvgIpc) is 2.68. The second-order valence-electron chi connectivity index (χ2n) is 6.05. The Labute approximate surface area is 158 Å². The van der Waals surface area contributed by atoms with Crippen molar-refractivity contribution in [1.29, 1.82) is 0 Å². The molecule has 0 saturated carbocycles. The van der Waals surface area contributed by atoms with Crippen LogP contribution in [0.1, 0.15) is 34.5 Å². The van der Waals surface area contributed by atoms with Gasteiger partial charge in [0.2, 0.25) is 0 Å². The Balaban J connectivity index is 1.56. The van der Waals surface area contributed by atoms with Crippen molar-refractivity contribution in [3.05, 3.63) is 101 Å². The fourth-order valence-corrected chi connectivity index (χ4v) is 2.68. The zero-order valence-corrected chi connectivity index (χ0v) is 15.2. The minimum Gasteiger partial charge on any atom is -0.489 e. The first kappa shape index (κ1) is 18.0. The van der Waals surface area contributed by atoms with E-state index >= 15 is 0 Å². The Morgan fingerprint density at radius 1 is 0.962 bits per heavy atom. The fourth-order valence-electron chi connectivity index (χ4n) is 2.55. The first-order chi connectivity index (χ1) is 12.6. The van der Waals surface area contributed by atoms with E-state index in [1.165, 1.54) is 0 Å². The van der Waals surface area contributed by atoms with Crippen LogP contribution in [0.3, 0.4) is 0 Å². The van der Waals surface area contributed by atoms with Gasteiger partial charge < -0.3 is 10.1 Å². The molecule has 4 heteroatoms. The summed E-state index contributed by atoms with van der Waals surface area (Å²) in [4.78, 5) is 12.4. The van der Waals surface area contributed by atoms with E-state index in [-0.39, 0.29) is 11.9 Å². The van der Waals surface area contributed by atoms with Crippen molar-refractivity contribution in [2.24, 2.45) is 0 Å². The van der Waals surface area contributed by atoms with Gasteiger partial charge in [0.1, 0.15) is 12.4 Å². The molecular weight excluding hydrogens is 346 g/mol. The van der Waals surface area contributed by atoms with E-state index < -0.39 is 0 Å². The number of ether oxygens (including phenoxy) is 1. The first-order valence-electron chi connectivity index (χ1n) is 8.45. The number of halogens is 1. The number of amides is 1. The van der Waals surface area contributed by atoms with Gasteiger partial charge in [0.25, 0.3) is 5.91 Å². The van der Waals surface area contributed by atoms with E-state index in [1.54, 1.807) is 12.1 Å². The highest BCUT2D eigenvalue weighted by Crippen LogP contribution is 2.17. The predicted octanol–water partition coefficient (Wildman–Crippen LogP) is 5.41. The van der Waals surface area contributed by atoms with Crippen LogP contribution in [0.25, 0.3) is 0 Å². The molecule has 0 aliphatic rings. The van der Waals surface area contributed by atoms with Crippen LogP contribution >= 0.6 is 11.6 Å². The summed E-state index contributed by atoms with van der Waals surface area (Å²) in [5, 5.41) is 3.69. The number of benzene rings is 3. The number of hydrogen-bond donors (Lipinski definition) is 1. The van der Waals surface area contributed by atoms with Gasteiger partial charge in [0, 0.05) is 10.6 Å². The first-order valence-corrected chi connectivity index (χ1v) is 8.83. The highest BCUT2D eigenvalue weighted by Gasteiger charge is 2.11. The molecule has 1 N–H and O–H groups in total. The zero-order valence-electron chi connectivity index (χ0n) is 14.5. The molecule has 1 unspecified atom stereocenters. The van der Waals surface area contributed by atoms with Crippen molar-refractivity contribution in [3.8, 4) is 5.75 Å². The second-order valence-corrected chi connectivity index (χ2v) is 6.48. The summed E-state index contributed by atoms with van der Waals surface area (Å²) in [6, 6.07) is 24.5. The summed E-state index contributed by atoms with van der Waals surface area (Å²) in [7, 11) is 0. The third kappa shape index (κ3) is 4.87. The van der Waals surface area contributed by atoms with Crippen LogP contribution in [0.2, 0.25) is 5.02 Å². The lowest BCUT2D eigenvalue weighted by Gasteiger charge is -2.14. The molecule has 0 fully saturated rings. The third-order valence-corrected chi connectivity index (χ3v) is 4.33. The molecule has 0 saturated heterocycles. The van der Waals surface area contributed by atoms with Crippen molar-refractivity contribution in [3.63, 3.8) is 0 Å². The minimum absolute atomic E-state index is 0.0448. The number of carbonyl (C=O) groups is 1. The van der Waals surface area contributed by atoms with E-state index in [1.807, 2.05) is 73.7 Å². The van der Waals surface area contributed by atoms with Gasteiger partial charge in [-0.3, -0.25) is 4.79 Å². The lowest BCUT2D eigenvalue weighted by molar-refractivity contribution is 0.0940. The monoisotopic (exact) mass is 365 g/mol. The smallest absolute Gasteiger partial charge is 0.251 e. The molecule has 0 aliphatic carbocycles. The maximum Gasteiger partial charge on any atom is 0.251 e. The van der Waals surface area contributed by atoms with Gasteiger partial charge in [-0.15, -0.1) is 0 Å². The Hall–Kier alpha value is -2.78. The Kier molecular flexibility index (Phi) is 5.92. The third-order valence-electron chi connectivity index (χ3n) is 4.08. The zero-order chi connectivity index (χ0) is 18.4. The summed E-state index contributed by atoms with van der Waals surface area (Å²) in [6.45, 7) is 2.41. The molecule has 0 radical (unpaired) electrons. The van der Waals surface area contributed by atoms with Gasteiger partial charge in [-0.1, -0.05) is 54.1 Å². The largest absolute Gasteiger partial charge is 0.489 e. The van der Waals surface area contributed by atoms with Crippen molar-refractivity contribution in [2.75, 3.05) is 0 Å². The van der Waals surface area contributed by atoms with Gasteiger partial charge in [0.05, 0.1) is 6.04 Å². The van der Waals surface area contributed by atoms with Crippen molar-refractivity contribution < 1.29 is 9.53 Å². The van der Waals surface area contributed by atoms with Crippen LogP contribution in [-0.4, -0.2) is 5.91 Å². The van der Waals surface area contributed by atoms with Gasteiger partial charge in [-0.05, 0) is 54.4 Å². The lowest BCUT2D eigenvalue weighted by Crippen LogP contribution is -2.26. The summed E-state index contributed by atoms with van der Waals surface area (Å²) >= 11 is 5.86. The van der Waals surface area contributed by atoms with Gasteiger partial charge in [0.15, 0.2) is 0 Å². The Bertz CT molecular complexity index is 846. The molecule has 3 rings (SSSR count). The minimum atomic E-state index is -0.0912. The van der Waals surface area contributed by atoms with E-state index in [4.69, 9.17) is 16.3 Å². The van der Waals surface area contributed by atoms with Crippen LogP contribution in [0.5, 0.6) is 5.75 Å². The molecule has 3 nitrogen and oxygen atoms in total. The highest BCUT2D eigenvalue weighted by molar-refractivity contribution is 6.30. The maximum absolute atomic E-state index is 12.4. The summed E-state index contributed by atoms with van der Waals surface area (Å²) in [5.74, 6) is 0.666. The number of carbonyl (C=O) groups excluding carboxylic acids is 1. The molecule has 1 atom stereocenters. The maximum atomic E-state index is 12.4. The van der Waals surface area contributed by atoms with Crippen molar-refractivity contribution >= 4 is 17.5 Å². The topological polar surface area (TPSA) is 38.3 Å². The molecule has 1 amide bonds. The normalized spacial score (nSPS) is 11.6. The van der Waals surface area contributed by atoms with E-state index in [9.17, 15) is 4.79 Å². The highest BCUT2D eigenvalue weighted by atomic mass is 35.5. The fraction of sp³-hybridized carbons (Fsp3) is 0.136. The van der Waals surface area contributed by atoms with Gasteiger partial charge >= 0.3 is 0 Å². The standard InChI is InChI=1S/C22H20ClNO2/c1-16(18-5-3-2-4-6-18)24-22(25)19-9-7-17(8-10-19)15-26-21-13-11-20(23)12-14-21/h2-14,16H,15H2,1H3,(H,24,25). The SMILES string of the molecule is CC(NC(=O)c1ccc(COc2ccc(Cl)cc2)cc1)c1ccccc1. The number of nitrogens with one attached hydrogen (secondary N) is 1. The summed E-state index contributed by atoms with van der Waals surface area (Å²) in [5.41, 5.74) is 2.70. The Morgan fingerprint density at radius 2 is 1.62 bits per heavy atom. The molecule has 0 aromatic heterocycles. The molecule has 0 heterocycles. The molecular formula is C22H20ClNO2. The van der Waals surface area contributed by atoms with E-state index in [0.29, 0.717) is 17.2 Å². The second kappa shape index (κ2) is 8.54. The van der Waals surface area contributed by atoms with Crippen LogP contribution in [0, 0.1) is 0 Å². The lowest BCUT2D eigenvalue weighted by atomic mass is 10.1. The molecule has 0 bridgehead atoms. The molecule has 3 aromatic rings. The van der Waals surface area contributed by atoms with Gasteiger partial charge in [-0.2, -0.15) is 0 Å². The van der Waals surface area contributed by atoms with Crippen LogP contribution in [0.15, 0.2) is 78.9 Å². The Morgan fingerprint density at radius 3 is 2.27 bits per heavy atom. The van der Waals surface area contributed by atoms with Crippen LogP contribution < -0.4 is 10.1 Å². The van der Waals surface area contributed by atoms with Crippen LogP contribution in [0.4, 0.5) is 0 Å². The molecule has 0 spiro atoms. The van der Waals surface area contributed by atoms with Gasteiger partial charge in [-0.25, -0.2) is 0 Å². The average molecular weight is 366 g/mol. The van der Waals surface area contributed by atoms with E-state index in [0.717, 1.165) is 16.9 Å². The predicted molar refractivity (Wildman–Crippen MR) is 105 cm³/mol. The van der Waals surface area contributed by atoms with E-state index in [2.05, 4.69) is 5.32 Å². The summed E-state index contributed by atoms with van der Waals surface area (Å²) in [6.07, 6.45) is 0. The molecule has 3 aromatic carbocycles. The van der Waals surface area contributed by atoms with Crippen molar-refractivity contribution in [1.82, 2.24) is 5.32 Å². The van der Waals surface area contributed by atoms with Crippen molar-refractivity contribution in [2.45, 2.75) is 19.6 Å². The molecule has 132 valence electrons.